The topological polar surface area (TPSA) is 41.1 Å². The van der Waals surface area contributed by atoms with Crippen LogP contribution in [-0.2, 0) is 11.2 Å². The molecule has 3 nitrogen and oxygen atoms in total. The van der Waals surface area contributed by atoms with E-state index in [4.69, 9.17) is 0 Å². The van der Waals surface area contributed by atoms with Crippen LogP contribution in [0.3, 0.4) is 0 Å². The van der Waals surface area contributed by atoms with Crippen molar-refractivity contribution < 1.29 is 18.0 Å². The third kappa shape index (κ3) is 6.79. The van der Waals surface area contributed by atoms with Crippen molar-refractivity contribution in [3.8, 4) is 0 Å². The van der Waals surface area contributed by atoms with Crippen LogP contribution in [0, 0.1) is 5.92 Å². The van der Waals surface area contributed by atoms with E-state index in [2.05, 4.69) is 10.6 Å². The average Bonchev–Trinajstić information content (AvgIpc) is 2.98. The van der Waals surface area contributed by atoms with Gasteiger partial charge in [-0.3, -0.25) is 4.79 Å². The van der Waals surface area contributed by atoms with Gasteiger partial charge in [0, 0.05) is 12.8 Å². The van der Waals surface area contributed by atoms with Crippen LogP contribution in [0.5, 0.6) is 0 Å². The van der Waals surface area contributed by atoms with E-state index in [1.165, 1.54) is 0 Å². The maximum atomic E-state index is 13.1. The molecular weight excluding hydrogens is 329 g/mol. The molecule has 1 saturated heterocycles. The number of hydrogen-bond donors (Lipinski definition) is 2. The summed E-state index contributed by atoms with van der Waals surface area (Å²) in [6.07, 6.45) is -2.91. The van der Waals surface area contributed by atoms with Gasteiger partial charge in [-0.15, -0.1) is 12.4 Å². The zero-order chi connectivity index (χ0) is 16.0. The fourth-order valence-corrected chi connectivity index (χ4v) is 2.66. The Morgan fingerprint density at radius 1 is 1.30 bits per heavy atom. The second kappa shape index (κ2) is 9.13. The molecule has 7 heteroatoms. The number of rotatable bonds is 6. The van der Waals surface area contributed by atoms with Gasteiger partial charge in [0.2, 0.25) is 5.91 Å². The van der Waals surface area contributed by atoms with Gasteiger partial charge in [-0.2, -0.15) is 13.2 Å². The summed E-state index contributed by atoms with van der Waals surface area (Å²) < 4.78 is 39.2. The van der Waals surface area contributed by atoms with Gasteiger partial charge in [-0.25, -0.2) is 0 Å². The van der Waals surface area contributed by atoms with E-state index in [-0.39, 0.29) is 25.2 Å². The fraction of sp³-hybridized carbons (Fsp3) is 0.562. The number of benzene rings is 1. The molecule has 1 amide bonds. The number of carbonyl (C=O) groups is 1. The van der Waals surface area contributed by atoms with Crippen LogP contribution in [0.2, 0.25) is 0 Å². The molecule has 0 saturated carbocycles. The Hall–Kier alpha value is -1.27. The first-order chi connectivity index (χ1) is 10.4. The molecule has 1 aliphatic heterocycles. The minimum Gasteiger partial charge on any atom is -0.344 e. The molecule has 2 atom stereocenters. The molecule has 0 aliphatic carbocycles. The standard InChI is InChI=1S/C16H21F3N2O.ClH/c17-16(18,19)14(10-12-4-2-1-3-5-12)21-15(22)7-6-13-8-9-20-11-13;/h1-5,13-14,20H,6-11H2,(H,21,22);1H. The van der Waals surface area contributed by atoms with Crippen LogP contribution in [0.15, 0.2) is 30.3 Å². The Balaban J connectivity index is 0.00000264. The lowest BCUT2D eigenvalue weighted by molar-refractivity contribution is -0.161. The minimum absolute atomic E-state index is 0. The average molecular weight is 351 g/mol. The number of hydrogen-bond acceptors (Lipinski definition) is 2. The zero-order valence-corrected chi connectivity index (χ0v) is 13.6. The molecule has 1 aromatic rings. The predicted octanol–water partition coefficient (Wildman–Crippen LogP) is 3.09. The van der Waals surface area contributed by atoms with Gasteiger partial charge in [0.05, 0.1) is 0 Å². The van der Waals surface area contributed by atoms with Crippen molar-refractivity contribution >= 4 is 18.3 Å². The highest BCUT2D eigenvalue weighted by atomic mass is 35.5. The summed E-state index contributed by atoms with van der Waals surface area (Å²) in [5, 5.41) is 5.33. The SMILES string of the molecule is Cl.O=C(CCC1CCNC1)NC(Cc1ccccc1)C(F)(F)F. The van der Waals surface area contributed by atoms with Gasteiger partial charge in [-0.05, 0) is 37.4 Å². The van der Waals surface area contributed by atoms with Crippen LogP contribution in [-0.4, -0.2) is 31.2 Å². The predicted molar refractivity (Wildman–Crippen MR) is 85.6 cm³/mol. The van der Waals surface area contributed by atoms with Crippen LogP contribution >= 0.6 is 12.4 Å². The van der Waals surface area contributed by atoms with Gasteiger partial charge in [0.15, 0.2) is 0 Å². The van der Waals surface area contributed by atoms with Gasteiger partial charge in [-0.1, -0.05) is 30.3 Å². The zero-order valence-electron chi connectivity index (χ0n) is 12.7. The highest BCUT2D eigenvalue weighted by Gasteiger charge is 2.40. The third-order valence-electron chi connectivity index (χ3n) is 3.96. The Morgan fingerprint density at radius 2 is 2.00 bits per heavy atom. The molecule has 1 aliphatic rings. The molecule has 2 rings (SSSR count). The lowest BCUT2D eigenvalue weighted by atomic mass is 10.0. The van der Waals surface area contributed by atoms with E-state index < -0.39 is 18.1 Å². The molecule has 23 heavy (non-hydrogen) atoms. The van der Waals surface area contributed by atoms with Crippen LogP contribution < -0.4 is 10.6 Å². The van der Waals surface area contributed by atoms with Crippen LogP contribution in [0.25, 0.3) is 0 Å². The summed E-state index contributed by atoms with van der Waals surface area (Å²) in [4.78, 5) is 11.8. The van der Waals surface area contributed by atoms with Crippen molar-refractivity contribution in [2.75, 3.05) is 13.1 Å². The molecule has 1 fully saturated rings. The summed E-state index contributed by atoms with van der Waals surface area (Å²) in [6.45, 7) is 1.77. The monoisotopic (exact) mass is 350 g/mol. The van der Waals surface area contributed by atoms with Crippen LogP contribution in [0.4, 0.5) is 13.2 Å². The van der Waals surface area contributed by atoms with E-state index in [0.717, 1.165) is 19.5 Å². The maximum Gasteiger partial charge on any atom is 0.408 e. The summed E-state index contributed by atoms with van der Waals surface area (Å²) in [6, 6.07) is 6.57. The molecule has 0 bridgehead atoms. The van der Waals surface area contributed by atoms with Gasteiger partial charge in [0.25, 0.3) is 0 Å². The Bertz CT molecular complexity index is 476. The maximum absolute atomic E-state index is 13.1. The number of alkyl halides is 3. The lowest BCUT2D eigenvalue weighted by Gasteiger charge is -2.22. The van der Waals surface area contributed by atoms with Crippen molar-refractivity contribution in [1.82, 2.24) is 10.6 Å². The van der Waals surface area contributed by atoms with Gasteiger partial charge < -0.3 is 10.6 Å². The Morgan fingerprint density at radius 3 is 2.57 bits per heavy atom. The summed E-state index contributed by atoms with van der Waals surface area (Å²) in [7, 11) is 0. The van der Waals surface area contributed by atoms with Crippen molar-refractivity contribution in [3.05, 3.63) is 35.9 Å². The third-order valence-corrected chi connectivity index (χ3v) is 3.96. The number of carbonyl (C=O) groups excluding carboxylic acids is 1. The number of amides is 1. The Kier molecular flexibility index (Phi) is 7.85. The highest BCUT2D eigenvalue weighted by Crippen LogP contribution is 2.23. The molecule has 0 radical (unpaired) electrons. The first kappa shape index (κ1) is 19.8. The summed E-state index contributed by atoms with van der Waals surface area (Å²) >= 11 is 0. The number of halogens is 4. The highest BCUT2D eigenvalue weighted by molar-refractivity contribution is 5.85. The van der Waals surface area contributed by atoms with Gasteiger partial charge in [0.1, 0.15) is 6.04 Å². The van der Waals surface area contributed by atoms with Crippen molar-refractivity contribution in [2.45, 2.75) is 37.9 Å². The molecule has 0 spiro atoms. The fourth-order valence-electron chi connectivity index (χ4n) is 2.66. The largest absolute Gasteiger partial charge is 0.408 e. The Labute approximate surface area is 140 Å². The second-order valence-corrected chi connectivity index (χ2v) is 5.75. The molecule has 0 aromatic heterocycles. The summed E-state index contributed by atoms with van der Waals surface area (Å²) in [5.74, 6) is -0.130. The summed E-state index contributed by atoms with van der Waals surface area (Å²) in [5.41, 5.74) is 0.560. The first-order valence-electron chi connectivity index (χ1n) is 7.56. The normalized spacial score (nSPS) is 19.0. The number of nitrogens with one attached hydrogen (secondary N) is 2. The van der Waals surface area contributed by atoms with E-state index in [1.54, 1.807) is 30.3 Å². The quantitative estimate of drug-likeness (QED) is 0.827. The smallest absolute Gasteiger partial charge is 0.344 e. The van der Waals surface area contributed by atoms with Crippen molar-refractivity contribution in [3.63, 3.8) is 0 Å². The first-order valence-corrected chi connectivity index (χ1v) is 7.56. The van der Waals surface area contributed by atoms with E-state index in [0.29, 0.717) is 17.9 Å². The minimum atomic E-state index is -4.44. The van der Waals surface area contributed by atoms with Gasteiger partial charge >= 0.3 is 6.18 Å². The molecule has 130 valence electrons. The molecule has 2 N–H and O–H groups in total. The lowest BCUT2D eigenvalue weighted by Crippen LogP contribution is -2.46. The van der Waals surface area contributed by atoms with Crippen molar-refractivity contribution in [1.29, 1.82) is 0 Å². The molecule has 1 aromatic carbocycles. The van der Waals surface area contributed by atoms with E-state index >= 15 is 0 Å². The van der Waals surface area contributed by atoms with Crippen LogP contribution in [0.1, 0.15) is 24.8 Å². The second-order valence-electron chi connectivity index (χ2n) is 5.75. The molecule has 1 heterocycles. The molecular formula is C16H22ClF3N2O. The van der Waals surface area contributed by atoms with E-state index in [9.17, 15) is 18.0 Å². The molecule has 2 unspecified atom stereocenters. The van der Waals surface area contributed by atoms with E-state index in [1.807, 2.05) is 0 Å². The van der Waals surface area contributed by atoms with Crippen molar-refractivity contribution in [2.24, 2.45) is 5.92 Å².